The Morgan fingerprint density at radius 3 is 1.10 bits per heavy atom. The lowest BCUT2D eigenvalue weighted by Gasteiger charge is -2.18. The van der Waals surface area contributed by atoms with Gasteiger partial charge in [-0.05, 0) is 0 Å². The fraction of sp³-hybridized carbons (Fsp3) is 0.750. The molecule has 0 aliphatic carbocycles. The zero-order chi connectivity index (χ0) is 8.58. The lowest BCUT2D eigenvalue weighted by Crippen LogP contribution is -2.16. The Kier molecular flexibility index (Phi) is 2.48. The molecule has 0 aromatic rings. The summed E-state index contributed by atoms with van der Waals surface area (Å²) >= 11 is 0. The lowest BCUT2D eigenvalue weighted by atomic mass is 11.0. The maximum atomic E-state index is 10.6. The highest BCUT2D eigenvalue weighted by atomic mass is 32.3. The molecule has 0 unspecified atom stereocenters. The average molecular weight is 185 g/mol. The predicted octanol–water partition coefficient (Wildman–Crippen LogP) is -0.415. The highest BCUT2D eigenvalue weighted by Crippen LogP contribution is 2.13. The lowest BCUT2D eigenvalue weighted by molar-refractivity contribution is 0.594. The van der Waals surface area contributed by atoms with E-state index in [1.54, 1.807) is 0 Å². The van der Waals surface area contributed by atoms with Crippen LogP contribution in [0.4, 0.5) is 0 Å². The summed E-state index contributed by atoms with van der Waals surface area (Å²) in [6, 6.07) is 0. The van der Waals surface area contributed by atoms with Crippen LogP contribution < -0.4 is 0 Å². The van der Waals surface area contributed by atoms with Gasteiger partial charge in [-0.25, -0.2) is 0 Å². The molecule has 0 aromatic heterocycles. The number of sulfone groups is 2. The summed E-state index contributed by atoms with van der Waals surface area (Å²) in [5, 5.41) is 0. The number of hydrogen-bond donors (Lipinski definition) is 0. The van der Waals surface area contributed by atoms with Crippen molar-refractivity contribution in [1.29, 1.82) is 0 Å². The van der Waals surface area contributed by atoms with Crippen molar-refractivity contribution in [2.75, 3.05) is 12.5 Å². The van der Waals surface area contributed by atoms with E-state index in [1.165, 1.54) is 0 Å². The summed E-state index contributed by atoms with van der Waals surface area (Å²) in [6.07, 6.45) is 1.73. The smallest absolute Gasteiger partial charge is 0.0371 e. The molecule has 0 N–H and O–H groups in total. The van der Waals surface area contributed by atoms with Crippen molar-refractivity contribution >= 4 is 19.7 Å². The number of hydrogen-bond acceptors (Lipinski definition) is 4. The molecule has 0 atom stereocenters. The van der Waals surface area contributed by atoms with Gasteiger partial charge in [-0.3, -0.25) is 16.8 Å². The fourth-order valence-corrected chi connectivity index (χ4v) is 2.47. The van der Waals surface area contributed by atoms with Crippen LogP contribution in [0.2, 0.25) is 0 Å². The van der Waals surface area contributed by atoms with E-state index in [-0.39, 0.29) is 0 Å². The van der Waals surface area contributed by atoms with Crippen LogP contribution in [0.5, 0.6) is 0 Å². The van der Waals surface area contributed by atoms with Gasteiger partial charge in [-0.15, -0.1) is 0 Å². The van der Waals surface area contributed by atoms with Gasteiger partial charge in [0.15, 0.2) is 0 Å². The first kappa shape index (κ1) is 9.90. The van der Waals surface area contributed by atoms with Crippen LogP contribution in [0.1, 0.15) is 6.92 Å². The molecule has 62 valence electrons. The van der Waals surface area contributed by atoms with E-state index >= 15 is 0 Å². The molecule has 0 fully saturated rings. The van der Waals surface area contributed by atoms with Crippen LogP contribution in [0.3, 0.4) is 0 Å². The van der Waals surface area contributed by atoms with E-state index in [1.807, 2.05) is 0 Å². The second kappa shape index (κ2) is 2.50. The first-order valence-electron chi connectivity index (χ1n) is 2.39. The van der Waals surface area contributed by atoms with Gasteiger partial charge < -0.3 is 0 Å². The molecule has 4 nitrogen and oxygen atoms in total. The predicted molar refractivity (Wildman–Crippen MR) is 38.6 cm³/mol. The van der Waals surface area contributed by atoms with Crippen molar-refractivity contribution in [2.45, 2.75) is 6.92 Å². The Bertz CT molecular complexity index is 264. The van der Waals surface area contributed by atoms with Crippen molar-refractivity contribution in [3.63, 3.8) is 0 Å². The molecule has 0 rings (SSSR count). The van der Waals surface area contributed by atoms with Crippen LogP contribution in [0, 0.1) is 4.58 Å². The van der Waals surface area contributed by atoms with E-state index in [4.69, 9.17) is 0 Å². The highest BCUT2D eigenvalue weighted by Gasteiger charge is 2.10. The molecule has 0 heterocycles. The van der Waals surface area contributed by atoms with E-state index in [9.17, 15) is 16.8 Å². The van der Waals surface area contributed by atoms with Gasteiger partial charge in [0.25, 0.3) is 0 Å². The van der Waals surface area contributed by atoms with Crippen molar-refractivity contribution in [3.8, 4) is 0 Å². The summed E-state index contributed by atoms with van der Waals surface area (Å²) in [4.78, 5) is 0. The van der Waals surface area contributed by atoms with Crippen LogP contribution in [-0.2, 0) is 19.7 Å². The van der Waals surface area contributed by atoms with E-state index in [2.05, 4.69) is 0 Å². The van der Waals surface area contributed by atoms with Gasteiger partial charge in [0.1, 0.15) is 0 Å². The first-order chi connectivity index (χ1) is 4.15. The van der Waals surface area contributed by atoms with E-state index in [0.29, 0.717) is 0 Å². The molecule has 0 bridgehead atoms. The minimum absolute atomic E-state index is 0.486. The second-order valence-corrected chi connectivity index (χ2v) is 6.61. The third-order valence-corrected chi connectivity index (χ3v) is 4.95. The van der Waals surface area contributed by atoms with Gasteiger partial charge in [-0.2, -0.15) is 6.92 Å². The Hall–Kier alpha value is -0.100. The molecular weight excluding hydrogens is 176 g/mol. The second-order valence-electron chi connectivity index (χ2n) is 2.04. The Labute approximate surface area is 61.1 Å². The maximum Gasteiger partial charge on any atom is 0.0371 e. The summed E-state index contributed by atoms with van der Waals surface area (Å²) < 4.78 is 41.8. The summed E-state index contributed by atoms with van der Waals surface area (Å²) in [6.45, 7) is 1.07. The Balaban J connectivity index is 4.94. The van der Waals surface area contributed by atoms with E-state index in [0.717, 1.165) is 19.4 Å². The standard InChI is InChI=1S/C4H9O4S2/c1-4(9(2,5)6)10(3,7)8/h1-3H3/q-1. The Morgan fingerprint density at radius 2 is 1.10 bits per heavy atom. The van der Waals surface area contributed by atoms with Gasteiger partial charge in [0.2, 0.25) is 0 Å². The third kappa shape index (κ3) is 2.66. The molecule has 0 saturated carbocycles. The summed E-state index contributed by atoms with van der Waals surface area (Å²) in [5.41, 5.74) is 0. The topological polar surface area (TPSA) is 68.3 Å². The molecule has 10 heavy (non-hydrogen) atoms. The Morgan fingerprint density at radius 1 is 0.900 bits per heavy atom. The average Bonchev–Trinajstić information content (AvgIpc) is 1.59. The third-order valence-electron chi connectivity index (χ3n) is 1.04. The highest BCUT2D eigenvalue weighted by molar-refractivity contribution is 8.12. The minimum atomic E-state index is -3.53. The molecule has 0 aliphatic heterocycles. The zero-order valence-electron chi connectivity index (χ0n) is 5.95. The monoisotopic (exact) mass is 185 g/mol. The number of rotatable bonds is 2. The largest absolute Gasteiger partial charge is 0.261 e. The fourth-order valence-electron chi connectivity index (χ4n) is 0.275. The maximum absolute atomic E-state index is 10.6. The summed E-state index contributed by atoms with van der Waals surface area (Å²) in [5.74, 6) is 0. The molecular formula is C4H9O4S2-. The van der Waals surface area contributed by atoms with Crippen LogP contribution in [0.25, 0.3) is 0 Å². The normalized spacial score (nSPS) is 14.0. The quantitative estimate of drug-likeness (QED) is 0.548. The SMILES string of the molecule is C[C-](S(C)(=O)=O)S(C)(=O)=O. The minimum Gasteiger partial charge on any atom is -0.261 e. The molecule has 0 aliphatic rings. The van der Waals surface area contributed by atoms with Gasteiger partial charge in [0.05, 0.1) is 0 Å². The van der Waals surface area contributed by atoms with Gasteiger partial charge in [-0.1, -0.05) is 4.58 Å². The van der Waals surface area contributed by atoms with Gasteiger partial charge in [0, 0.05) is 32.2 Å². The molecule has 0 radical (unpaired) electrons. The molecule has 0 aromatic carbocycles. The molecule has 0 amide bonds. The van der Waals surface area contributed by atoms with Gasteiger partial charge >= 0.3 is 0 Å². The first-order valence-corrected chi connectivity index (χ1v) is 6.17. The molecule has 6 heteroatoms. The van der Waals surface area contributed by atoms with E-state index < -0.39 is 24.3 Å². The zero-order valence-corrected chi connectivity index (χ0v) is 7.58. The van der Waals surface area contributed by atoms with Crippen LogP contribution >= 0.6 is 0 Å². The molecule has 0 spiro atoms. The molecule has 0 saturated heterocycles. The van der Waals surface area contributed by atoms with Crippen molar-refractivity contribution in [1.82, 2.24) is 0 Å². The van der Waals surface area contributed by atoms with Crippen molar-refractivity contribution in [3.05, 3.63) is 4.58 Å². The van der Waals surface area contributed by atoms with Crippen LogP contribution in [-0.4, -0.2) is 29.3 Å². The summed E-state index contributed by atoms with van der Waals surface area (Å²) in [7, 11) is -7.06. The van der Waals surface area contributed by atoms with Crippen molar-refractivity contribution in [2.24, 2.45) is 0 Å². The van der Waals surface area contributed by atoms with Crippen LogP contribution in [0.15, 0.2) is 0 Å². The van der Waals surface area contributed by atoms with Crippen molar-refractivity contribution < 1.29 is 16.8 Å².